The number of fused-ring (bicyclic) bond motifs is 4. The molecule has 0 spiro atoms. The average molecular weight is 1290 g/mol. The van der Waals surface area contributed by atoms with Gasteiger partial charge in [-0.1, -0.05) is 77.7 Å². The fourth-order valence-electron chi connectivity index (χ4n) is 7.24. The molecule has 0 aliphatic carbocycles. The van der Waals surface area contributed by atoms with Crippen LogP contribution >= 0.6 is 11.3 Å². The zero-order chi connectivity index (χ0) is 51.0. The Labute approximate surface area is 475 Å². The molecule has 0 saturated heterocycles. The molecule has 0 aliphatic rings. The number of carboxylic acids is 1. The van der Waals surface area contributed by atoms with E-state index in [2.05, 4.69) is 114 Å². The summed E-state index contributed by atoms with van der Waals surface area (Å²) < 4.78 is 31.4. The van der Waals surface area contributed by atoms with Crippen LogP contribution in [0.25, 0.3) is 70.9 Å². The van der Waals surface area contributed by atoms with E-state index in [0.717, 1.165) is 52.0 Å². The number of ketones is 1. The van der Waals surface area contributed by atoms with Crippen molar-refractivity contribution < 1.29 is 88.0 Å². The number of benzene rings is 4. The summed E-state index contributed by atoms with van der Waals surface area (Å²) in [6, 6.07) is 48.1. The van der Waals surface area contributed by atoms with Crippen LogP contribution in [0.1, 0.15) is 36.8 Å². The first kappa shape index (κ1) is 60.4. The third kappa shape index (κ3) is 16.2. The molecule has 7 heterocycles. The quantitative estimate of drug-likeness (QED) is 0.0680. The Morgan fingerprint density at radius 1 is 0.733 bits per heavy atom. The third-order valence-electron chi connectivity index (χ3n) is 10.3. The number of halogens is 2. The van der Waals surface area contributed by atoms with Gasteiger partial charge in [0, 0.05) is 138 Å². The first-order valence-corrected chi connectivity index (χ1v) is 23.1. The molecule has 12 nitrogen and oxygen atoms in total. The average Bonchev–Trinajstić information content (AvgIpc) is 4.14. The second-order valence-corrected chi connectivity index (χ2v) is 16.5. The fourth-order valence-corrected chi connectivity index (χ4v) is 8.22. The number of hydrogen-bond acceptors (Lipinski definition) is 10. The topological polar surface area (TPSA) is 162 Å². The Kier molecular flexibility index (Phi) is 23.9. The second kappa shape index (κ2) is 29.7. The molecular formula is C57H45F2N8O4PdRh2S-3. The molecule has 7 aromatic heterocycles. The number of pyridine rings is 3. The Hall–Kier alpha value is -7.17. The van der Waals surface area contributed by atoms with Gasteiger partial charge in [0.05, 0.1) is 11.6 Å². The maximum atomic E-state index is 13.2. The normalized spacial score (nSPS) is 10.3. The van der Waals surface area contributed by atoms with Gasteiger partial charge in [0.1, 0.15) is 17.8 Å². The van der Waals surface area contributed by atoms with Gasteiger partial charge in [-0.2, -0.15) is 0 Å². The van der Waals surface area contributed by atoms with Gasteiger partial charge >= 0.3 is 5.97 Å². The number of allylic oxidation sites excluding steroid dienone is 2. The maximum Gasteiger partial charge on any atom is 0.354 e. The van der Waals surface area contributed by atoms with E-state index in [9.17, 15) is 18.4 Å². The second-order valence-electron chi connectivity index (χ2n) is 15.5. The van der Waals surface area contributed by atoms with Gasteiger partial charge in [0.2, 0.25) is 0 Å². The number of carboxylic acid groups (broad SMARTS) is 1. The molecular weight excluding hydrogens is 1240 g/mol. The van der Waals surface area contributed by atoms with E-state index in [1.54, 1.807) is 60.4 Å². The molecule has 18 heteroatoms. The van der Waals surface area contributed by atoms with Crippen molar-refractivity contribution in [2.24, 2.45) is 0 Å². The van der Waals surface area contributed by atoms with E-state index in [4.69, 9.17) is 10.2 Å². The summed E-state index contributed by atoms with van der Waals surface area (Å²) in [4.78, 5) is 46.2. The number of carbonyl (C=O) groups is 2. The Balaban J connectivity index is 0.000000218. The van der Waals surface area contributed by atoms with Gasteiger partial charge in [-0.3, -0.25) is 18.6 Å². The number of nitrogens with zero attached hydrogens (tertiary/aromatic N) is 8. The molecule has 11 aromatic rings. The molecule has 0 saturated carbocycles. The molecule has 388 valence electrons. The number of aromatic nitrogens is 8. The minimum atomic E-state index is -0.990. The van der Waals surface area contributed by atoms with Gasteiger partial charge in [-0.05, 0) is 84.2 Å². The summed E-state index contributed by atoms with van der Waals surface area (Å²) in [6.45, 7) is 7.94. The first-order chi connectivity index (χ1) is 34.9. The summed E-state index contributed by atoms with van der Waals surface area (Å²) in [7, 11) is 0. The molecule has 2 radical (unpaired) electrons. The summed E-state index contributed by atoms with van der Waals surface area (Å²) in [5.41, 5.74) is 6.10. The number of aromatic carboxylic acids is 1. The molecule has 0 unspecified atom stereocenters. The van der Waals surface area contributed by atoms with Gasteiger partial charge in [-0.15, -0.1) is 59.5 Å². The number of carbonyl (C=O) groups excluding carboxylic acids is 1. The van der Waals surface area contributed by atoms with Crippen LogP contribution < -0.4 is 0 Å². The van der Waals surface area contributed by atoms with E-state index in [1.807, 2.05) is 54.3 Å². The molecule has 75 heavy (non-hydrogen) atoms. The number of thiophene rings is 1. The fraction of sp³-hybridized carbons (Fsp3) is 0.0877. The number of imidazole rings is 1. The predicted octanol–water partition coefficient (Wildman–Crippen LogP) is 13.0. The van der Waals surface area contributed by atoms with E-state index in [-0.39, 0.29) is 82.2 Å². The van der Waals surface area contributed by atoms with Crippen molar-refractivity contribution in [1.29, 1.82) is 0 Å². The van der Waals surface area contributed by atoms with Gasteiger partial charge in [-0.25, -0.2) is 31.1 Å². The SMILES string of the molecule is CC(=O)C=C(C)O.CCn1c2c[c-]c(-c3nccn3-c3ncncc3C)cc2c2ccccc21.Fc1c[c-]c(-c2ccccn2)c(F)c1.O=C(O)c1ccccn1.[Pd].[Rh].[Rh].[c-]1c(-c2ccccn2)sc2ccccc12. The van der Waals surface area contributed by atoms with Crippen molar-refractivity contribution >= 4 is 55.0 Å². The number of rotatable bonds is 7. The standard InChI is InChI=1S/C22H18N5.C13H8NS.C11H6F2N.C6H5NO2.C5H8O2.Pd.2Rh/c1-3-26-19-7-5-4-6-17(19)18-12-16(8-9-20(18)26)22-24-10-11-27(22)21-15(2)13-23-14-25-21;1-2-7-12-10(5-1)9-13(15-12)11-6-3-4-8-14-11;12-8-4-5-9(10(13)7-8)11-3-1-2-6-14-11;8-6(9)5-3-1-2-4-7-5;1-4(6)3-5(2)7;;;/h4-7,9-14H,3H2,1-2H3;1-8H;1-4,6-7H;1-4H,(H,8,9);3,6H,1-2H3;;;/q3*-1;;;;;. The zero-order valence-corrected chi connectivity index (χ0v) is 46.0. The van der Waals surface area contributed by atoms with Gasteiger partial charge in [0.15, 0.2) is 5.78 Å². The van der Waals surface area contributed by atoms with Crippen LogP contribution in [-0.4, -0.2) is 61.0 Å². The molecule has 2 N–H and O–H groups in total. The van der Waals surface area contributed by atoms with E-state index in [1.165, 1.54) is 64.1 Å². The third-order valence-corrected chi connectivity index (χ3v) is 11.4. The van der Waals surface area contributed by atoms with Crippen LogP contribution in [0.3, 0.4) is 0 Å². The van der Waals surface area contributed by atoms with E-state index >= 15 is 0 Å². The van der Waals surface area contributed by atoms with Crippen molar-refractivity contribution in [3.63, 3.8) is 0 Å². The number of aryl methyl sites for hydroxylation is 2. The summed E-state index contributed by atoms with van der Waals surface area (Å²) in [6.07, 6.45) is 13.1. The largest absolute Gasteiger partial charge is 0.512 e. The first-order valence-electron chi connectivity index (χ1n) is 22.3. The van der Waals surface area contributed by atoms with Crippen LogP contribution in [-0.2, 0) is 70.7 Å². The van der Waals surface area contributed by atoms with Crippen LogP contribution in [0.5, 0.6) is 0 Å². The monoisotopic (exact) mass is 1290 g/mol. The number of aliphatic hydroxyl groups excluding tert-OH is 1. The Bertz CT molecular complexity index is 3590. The number of aliphatic hydroxyl groups is 1. The molecule has 0 bridgehead atoms. The zero-order valence-electron chi connectivity index (χ0n) is 40.4. The van der Waals surface area contributed by atoms with Gasteiger partial charge in [0.25, 0.3) is 0 Å². The Morgan fingerprint density at radius 2 is 1.40 bits per heavy atom. The minimum Gasteiger partial charge on any atom is -0.512 e. The summed E-state index contributed by atoms with van der Waals surface area (Å²) in [5.74, 6) is -0.678. The van der Waals surface area contributed by atoms with Crippen LogP contribution in [0.4, 0.5) is 8.78 Å². The molecule has 11 rings (SSSR count). The molecule has 4 aromatic carbocycles. The van der Waals surface area contributed by atoms with Crippen LogP contribution in [0, 0.1) is 36.8 Å². The molecule has 0 aliphatic heterocycles. The van der Waals surface area contributed by atoms with Crippen molar-refractivity contribution in [2.45, 2.75) is 34.2 Å². The smallest absolute Gasteiger partial charge is 0.354 e. The predicted molar refractivity (Wildman–Crippen MR) is 277 cm³/mol. The van der Waals surface area contributed by atoms with Crippen molar-refractivity contribution in [1.82, 2.24) is 39.0 Å². The summed E-state index contributed by atoms with van der Waals surface area (Å²) >= 11 is 1.73. The molecule has 0 amide bonds. The maximum absolute atomic E-state index is 13.2. The Morgan fingerprint density at radius 3 is 1.99 bits per heavy atom. The van der Waals surface area contributed by atoms with Crippen molar-refractivity contribution in [3.05, 3.63) is 224 Å². The molecule has 0 fully saturated rings. The van der Waals surface area contributed by atoms with Crippen LogP contribution in [0.2, 0.25) is 0 Å². The van der Waals surface area contributed by atoms with Gasteiger partial charge < -0.3 is 29.3 Å². The summed E-state index contributed by atoms with van der Waals surface area (Å²) in [5, 5.41) is 20.3. The van der Waals surface area contributed by atoms with E-state index < -0.39 is 17.6 Å². The molecule has 0 atom stereocenters. The minimum absolute atomic E-state index is 0. The van der Waals surface area contributed by atoms with E-state index in [0.29, 0.717) is 5.69 Å². The van der Waals surface area contributed by atoms with Crippen molar-refractivity contribution in [2.75, 3.05) is 0 Å². The number of hydrogen-bond donors (Lipinski definition) is 2. The van der Waals surface area contributed by atoms with Crippen molar-refractivity contribution in [3.8, 4) is 39.0 Å². The number of para-hydroxylation sites is 1. The van der Waals surface area contributed by atoms with Crippen LogP contribution in [0.15, 0.2) is 183 Å².